The number of hydrogen-bond donors (Lipinski definition) is 1. The molecule has 1 rings (SSSR count). The highest BCUT2D eigenvalue weighted by atomic mass is 16.5. The van der Waals surface area contributed by atoms with Crippen molar-refractivity contribution in [2.45, 2.75) is 19.4 Å². The van der Waals surface area contributed by atoms with Crippen molar-refractivity contribution < 1.29 is 19.4 Å². The van der Waals surface area contributed by atoms with Crippen molar-refractivity contribution in [2.75, 3.05) is 40.5 Å². The molecule has 5 heteroatoms. The molecule has 0 heterocycles. The van der Waals surface area contributed by atoms with Crippen LogP contribution in [0.4, 0.5) is 0 Å². The molecule has 1 N–H and O–H groups in total. The first-order valence-corrected chi connectivity index (χ1v) is 7.10. The van der Waals surface area contributed by atoms with Gasteiger partial charge in [-0.3, -0.25) is 9.69 Å². The maximum absolute atomic E-state index is 11.0. The summed E-state index contributed by atoms with van der Waals surface area (Å²) in [6.45, 7) is 5.53. The van der Waals surface area contributed by atoms with E-state index in [0.29, 0.717) is 13.2 Å². The van der Waals surface area contributed by atoms with E-state index in [4.69, 9.17) is 14.6 Å². The first kappa shape index (κ1) is 17.6. The Morgan fingerprint density at radius 1 is 1.14 bits per heavy atom. The standard InChI is InChI=1S/C16H25NO4/c1-13(16(18)19)15-6-4-14(5-7-15)12-17(8-10-20-2)9-11-21-3/h4-7,13H,8-12H2,1-3H3,(H,18,19). The van der Waals surface area contributed by atoms with Crippen molar-refractivity contribution in [3.05, 3.63) is 35.4 Å². The Morgan fingerprint density at radius 3 is 2.10 bits per heavy atom. The first-order chi connectivity index (χ1) is 10.1. The summed E-state index contributed by atoms with van der Waals surface area (Å²) in [6.07, 6.45) is 0. The third-order valence-electron chi connectivity index (χ3n) is 3.48. The molecule has 0 saturated heterocycles. The number of hydrogen-bond acceptors (Lipinski definition) is 4. The van der Waals surface area contributed by atoms with Crippen LogP contribution in [-0.2, 0) is 20.8 Å². The molecule has 5 nitrogen and oxygen atoms in total. The van der Waals surface area contributed by atoms with E-state index in [1.54, 1.807) is 21.1 Å². The molecular weight excluding hydrogens is 270 g/mol. The Balaban J connectivity index is 2.63. The summed E-state index contributed by atoms with van der Waals surface area (Å²) < 4.78 is 10.2. The maximum Gasteiger partial charge on any atom is 0.310 e. The van der Waals surface area contributed by atoms with Gasteiger partial charge in [-0.25, -0.2) is 0 Å². The van der Waals surface area contributed by atoms with E-state index in [1.807, 2.05) is 24.3 Å². The average Bonchev–Trinajstić information content (AvgIpc) is 2.49. The van der Waals surface area contributed by atoms with Gasteiger partial charge in [-0.15, -0.1) is 0 Å². The van der Waals surface area contributed by atoms with Gasteiger partial charge in [0.2, 0.25) is 0 Å². The van der Waals surface area contributed by atoms with Crippen molar-refractivity contribution in [3.63, 3.8) is 0 Å². The van der Waals surface area contributed by atoms with Crippen LogP contribution in [0.1, 0.15) is 24.0 Å². The summed E-state index contributed by atoms with van der Waals surface area (Å²) in [7, 11) is 3.38. The average molecular weight is 295 g/mol. The normalized spacial score (nSPS) is 12.6. The zero-order chi connectivity index (χ0) is 15.7. The minimum absolute atomic E-state index is 0.475. The Kier molecular flexibility index (Phi) is 7.97. The third kappa shape index (κ3) is 6.25. The van der Waals surface area contributed by atoms with Crippen LogP contribution in [0.3, 0.4) is 0 Å². The Morgan fingerprint density at radius 2 is 1.67 bits per heavy atom. The number of ether oxygens (including phenoxy) is 2. The van der Waals surface area contributed by atoms with Gasteiger partial charge in [0.05, 0.1) is 19.1 Å². The van der Waals surface area contributed by atoms with Gasteiger partial charge in [0.1, 0.15) is 0 Å². The second kappa shape index (κ2) is 9.50. The lowest BCUT2D eigenvalue weighted by molar-refractivity contribution is -0.138. The monoisotopic (exact) mass is 295 g/mol. The Hall–Kier alpha value is -1.43. The van der Waals surface area contributed by atoms with Crippen molar-refractivity contribution in [1.29, 1.82) is 0 Å². The second-order valence-corrected chi connectivity index (χ2v) is 5.06. The number of carbonyl (C=O) groups is 1. The lowest BCUT2D eigenvalue weighted by Crippen LogP contribution is -2.30. The van der Waals surface area contributed by atoms with Gasteiger partial charge in [0.15, 0.2) is 0 Å². The summed E-state index contributed by atoms with van der Waals surface area (Å²) in [4.78, 5) is 13.2. The Labute approximate surface area is 126 Å². The number of aliphatic carboxylic acids is 1. The molecular formula is C16H25NO4. The third-order valence-corrected chi connectivity index (χ3v) is 3.48. The molecule has 21 heavy (non-hydrogen) atoms. The maximum atomic E-state index is 11.0. The second-order valence-electron chi connectivity index (χ2n) is 5.06. The fourth-order valence-electron chi connectivity index (χ4n) is 2.02. The summed E-state index contributed by atoms with van der Waals surface area (Å²) in [5, 5.41) is 9.01. The number of rotatable bonds is 10. The van der Waals surface area contributed by atoms with Crippen LogP contribution in [0, 0.1) is 0 Å². The van der Waals surface area contributed by atoms with Gasteiger partial charge >= 0.3 is 5.97 Å². The van der Waals surface area contributed by atoms with Crippen LogP contribution >= 0.6 is 0 Å². The number of carboxylic acid groups (broad SMARTS) is 1. The fraction of sp³-hybridized carbons (Fsp3) is 0.562. The van der Waals surface area contributed by atoms with Gasteiger partial charge in [0.25, 0.3) is 0 Å². The van der Waals surface area contributed by atoms with Crippen LogP contribution in [0.5, 0.6) is 0 Å². The lowest BCUT2D eigenvalue weighted by atomic mass is 10.00. The summed E-state index contributed by atoms with van der Waals surface area (Å²) in [6, 6.07) is 7.75. The highest BCUT2D eigenvalue weighted by Crippen LogP contribution is 2.16. The molecule has 1 unspecified atom stereocenters. The molecule has 0 spiro atoms. The van der Waals surface area contributed by atoms with E-state index in [1.165, 1.54) is 0 Å². The summed E-state index contributed by atoms with van der Waals surface area (Å²) in [5.74, 6) is -1.28. The van der Waals surface area contributed by atoms with Gasteiger partial charge in [-0.1, -0.05) is 24.3 Å². The van der Waals surface area contributed by atoms with Crippen LogP contribution in [0.25, 0.3) is 0 Å². The topological polar surface area (TPSA) is 59.0 Å². The van der Waals surface area contributed by atoms with Crippen molar-refractivity contribution >= 4 is 5.97 Å². The quantitative estimate of drug-likeness (QED) is 0.715. The van der Waals surface area contributed by atoms with E-state index < -0.39 is 11.9 Å². The zero-order valence-corrected chi connectivity index (χ0v) is 13.0. The van der Waals surface area contributed by atoms with E-state index in [0.717, 1.165) is 30.8 Å². The van der Waals surface area contributed by atoms with E-state index >= 15 is 0 Å². The Bertz CT molecular complexity index is 411. The molecule has 0 aliphatic heterocycles. The molecule has 0 amide bonds. The molecule has 0 aromatic heterocycles. The van der Waals surface area contributed by atoms with Crippen molar-refractivity contribution in [2.24, 2.45) is 0 Å². The first-order valence-electron chi connectivity index (χ1n) is 7.10. The fourth-order valence-corrected chi connectivity index (χ4v) is 2.02. The predicted molar refractivity (Wildman–Crippen MR) is 81.5 cm³/mol. The van der Waals surface area contributed by atoms with Crippen molar-refractivity contribution in [3.8, 4) is 0 Å². The van der Waals surface area contributed by atoms with Gasteiger partial charge in [-0.2, -0.15) is 0 Å². The van der Waals surface area contributed by atoms with E-state index in [9.17, 15) is 4.79 Å². The molecule has 1 aromatic carbocycles. The van der Waals surface area contributed by atoms with Crippen LogP contribution < -0.4 is 0 Å². The SMILES string of the molecule is COCCN(CCOC)Cc1ccc(C(C)C(=O)O)cc1. The highest BCUT2D eigenvalue weighted by Gasteiger charge is 2.13. The molecule has 1 aromatic rings. The van der Waals surface area contributed by atoms with Crippen LogP contribution in [-0.4, -0.2) is 56.5 Å². The number of carboxylic acids is 1. The molecule has 1 atom stereocenters. The summed E-state index contributed by atoms with van der Waals surface area (Å²) >= 11 is 0. The van der Waals surface area contributed by atoms with Gasteiger partial charge in [0, 0.05) is 33.9 Å². The molecule has 0 bridgehead atoms. The number of benzene rings is 1. The van der Waals surface area contributed by atoms with Gasteiger partial charge < -0.3 is 14.6 Å². The van der Waals surface area contributed by atoms with Gasteiger partial charge in [-0.05, 0) is 18.1 Å². The molecule has 118 valence electrons. The van der Waals surface area contributed by atoms with Crippen LogP contribution in [0.2, 0.25) is 0 Å². The van der Waals surface area contributed by atoms with Crippen LogP contribution in [0.15, 0.2) is 24.3 Å². The van der Waals surface area contributed by atoms with E-state index in [2.05, 4.69) is 4.90 Å². The molecule has 0 aliphatic carbocycles. The summed E-state index contributed by atoms with van der Waals surface area (Å²) in [5.41, 5.74) is 1.98. The molecule has 0 saturated carbocycles. The lowest BCUT2D eigenvalue weighted by Gasteiger charge is -2.21. The molecule has 0 radical (unpaired) electrons. The predicted octanol–water partition coefficient (Wildman–Crippen LogP) is 1.97. The minimum atomic E-state index is -0.801. The number of nitrogens with zero attached hydrogens (tertiary/aromatic N) is 1. The van der Waals surface area contributed by atoms with Crippen molar-refractivity contribution in [1.82, 2.24) is 4.90 Å². The minimum Gasteiger partial charge on any atom is -0.481 e. The highest BCUT2D eigenvalue weighted by molar-refractivity contribution is 5.75. The van der Waals surface area contributed by atoms with E-state index in [-0.39, 0.29) is 0 Å². The molecule has 0 fully saturated rings. The smallest absolute Gasteiger partial charge is 0.310 e. The largest absolute Gasteiger partial charge is 0.481 e. The molecule has 0 aliphatic rings. The number of methoxy groups -OCH3 is 2. The zero-order valence-electron chi connectivity index (χ0n) is 13.0.